The highest BCUT2D eigenvalue weighted by Gasteiger charge is 2.27. The van der Waals surface area contributed by atoms with Crippen LogP contribution in [0.5, 0.6) is 0 Å². The molecule has 2 aromatic rings. The number of aromatic nitrogens is 4. The van der Waals surface area contributed by atoms with Gasteiger partial charge in [-0.15, -0.1) is 5.10 Å². The van der Waals surface area contributed by atoms with Gasteiger partial charge in [-0.3, -0.25) is 14.7 Å². The average Bonchev–Trinajstić information content (AvgIpc) is 3.13. The van der Waals surface area contributed by atoms with Crippen LogP contribution in [0.3, 0.4) is 0 Å². The molecule has 2 heterocycles. The third kappa shape index (κ3) is 3.28. The number of aliphatic imine (C=N–C) groups is 1. The molecule has 114 valence electrons. The molecule has 22 heavy (non-hydrogen) atoms. The molecule has 0 N–H and O–H groups in total. The lowest BCUT2D eigenvalue weighted by Gasteiger charge is -2.21. The Morgan fingerprint density at radius 3 is 2.82 bits per heavy atom. The van der Waals surface area contributed by atoms with Gasteiger partial charge in [0.1, 0.15) is 12.9 Å². The van der Waals surface area contributed by atoms with E-state index in [0.717, 1.165) is 11.4 Å². The molecule has 7 nitrogen and oxygen atoms in total. The topological polar surface area (TPSA) is 76.3 Å². The number of hydrogen-bond donors (Lipinski definition) is 0. The lowest BCUT2D eigenvalue weighted by atomic mass is 10.3. The maximum atomic E-state index is 12.7. The highest BCUT2D eigenvalue weighted by Crippen LogP contribution is 2.27. The first-order valence-electron chi connectivity index (χ1n) is 6.63. The number of carbonyl (C=O) groups excluding carboxylic acids is 1. The molecular weight excluding hydrogens is 324 g/mol. The summed E-state index contributed by atoms with van der Waals surface area (Å²) < 4.78 is 1.38. The zero-order valence-electron chi connectivity index (χ0n) is 11.8. The lowest BCUT2D eigenvalue weighted by Crippen LogP contribution is -2.37. The number of rotatable bonds is 3. The number of amides is 1. The number of benzene rings is 1. The van der Waals surface area contributed by atoms with Crippen LogP contribution in [0.15, 0.2) is 35.6 Å². The first-order valence-corrected chi connectivity index (χ1v) is 8.00. The molecule has 9 heteroatoms. The SMILES string of the molecule is C[C@H]1CSC(N(C(=O)Cn2cnnn2)c2ccc(Cl)cc2)=N1. The van der Waals surface area contributed by atoms with Gasteiger partial charge in [0.2, 0.25) is 0 Å². The Balaban J connectivity index is 1.90. The molecule has 1 aliphatic rings. The Morgan fingerprint density at radius 2 is 2.23 bits per heavy atom. The number of carbonyl (C=O) groups is 1. The summed E-state index contributed by atoms with van der Waals surface area (Å²) in [6.45, 7) is 2.06. The van der Waals surface area contributed by atoms with Crippen molar-refractivity contribution in [2.75, 3.05) is 10.7 Å². The Bertz CT molecular complexity index is 687. The van der Waals surface area contributed by atoms with Crippen molar-refractivity contribution >= 4 is 40.1 Å². The smallest absolute Gasteiger partial charge is 0.254 e. The second-order valence-corrected chi connectivity index (χ2v) is 6.21. The van der Waals surface area contributed by atoms with Gasteiger partial charge in [0.05, 0.1) is 11.7 Å². The molecule has 0 unspecified atom stereocenters. The van der Waals surface area contributed by atoms with Gasteiger partial charge in [-0.2, -0.15) is 0 Å². The first-order chi connectivity index (χ1) is 10.6. The van der Waals surface area contributed by atoms with Gasteiger partial charge in [0.25, 0.3) is 5.91 Å². The summed E-state index contributed by atoms with van der Waals surface area (Å²) in [5, 5.41) is 12.1. The van der Waals surface area contributed by atoms with E-state index in [1.54, 1.807) is 40.9 Å². The van der Waals surface area contributed by atoms with Crippen molar-refractivity contribution in [2.24, 2.45) is 4.99 Å². The van der Waals surface area contributed by atoms with Crippen LogP contribution < -0.4 is 4.90 Å². The van der Waals surface area contributed by atoms with Gasteiger partial charge < -0.3 is 0 Å². The molecule has 1 aliphatic heterocycles. The molecule has 1 aromatic carbocycles. The zero-order valence-corrected chi connectivity index (χ0v) is 13.3. The van der Waals surface area contributed by atoms with Gasteiger partial charge in [-0.25, -0.2) is 4.68 Å². The first kappa shape index (κ1) is 15.0. The third-order valence-electron chi connectivity index (χ3n) is 3.00. The minimum absolute atomic E-state index is 0.0452. The molecular formula is C13H13ClN6OS. The number of thioether (sulfide) groups is 1. The quantitative estimate of drug-likeness (QED) is 0.855. The molecule has 0 aliphatic carbocycles. The Labute approximate surface area is 136 Å². The van der Waals surface area contributed by atoms with Crippen molar-refractivity contribution in [3.05, 3.63) is 35.6 Å². The second kappa shape index (κ2) is 6.45. The number of anilines is 1. The van der Waals surface area contributed by atoms with Crippen molar-refractivity contribution in [2.45, 2.75) is 19.5 Å². The van der Waals surface area contributed by atoms with E-state index in [1.807, 2.05) is 6.92 Å². The lowest BCUT2D eigenvalue weighted by molar-refractivity contribution is -0.118. The van der Waals surface area contributed by atoms with Gasteiger partial charge >= 0.3 is 0 Å². The van der Waals surface area contributed by atoms with E-state index in [4.69, 9.17) is 11.6 Å². The molecule has 1 atom stereocenters. The zero-order chi connectivity index (χ0) is 15.5. The van der Waals surface area contributed by atoms with Crippen LogP contribution in [0.1, 0.15) is 6.92 Å². The Kier molecular flexibility index (Phi) is 4.39. The molecule has 0 fully saturated rings. The number of tetrazole rings is 1. The highest BCUT2D eigenvalue weighted by molar-refractivity contribution is 8.14. The van der Waals surface area contributed by atoms with Crippen molar-refractivity contribution in [3.8, 4) is 0 Å². The van der Waals surface area contributed by atoms with Crippen LogP contribution in [0.25, 0.3) is 0 Å². The van der Waals surface area contributed by atoms with Crippen molar-refractivity contribution in [3.63, 3.8) is 0 Å². The molecule has 0 bridgehead atoms. The van der Waals surface area contributed by atoms with E-state index in [9.17, 15) is 4.79 Å². The van der Waals surface area contributed by atoms with E-state index in [0.29, 0.717) is 10.2 Å². The van der Waals surface area contributed by atoms with E-state index < -0.39 is 0 Å². The van der Waals surface area contributed by atoms with Gasteiger partial charge in [-0.1, -0.05) is 23.4 Å². The van der Waals surface area contributed by atoms with Crippen LogP contribution in [-0.2, 0) is 11.3 Å². The van der Waals surface area contributed by atoms with Crippen molar-refractivity contribution in [1.29, 1.82) is 0 Å². The predicted octanol–water partition coefficient (Wildman–Crippen LogP) is 1.85. The van der Waals surface area contributed by atoms with Crippen LogP contribution in [0, 0.1) is 0 Å². The van der Waals surface area contributed by atoms with Crippen molar-refractivity contribution < 1.29 is 4.79 Å². The fraction of sp³-hybridized carbons (Fsp3) is 0.308. The van der Waals surface area contributed by atoms with E-state index in [1.165, 1.54) is 11.0 Å². The maximum Gasteiger partial charge on any atom is 0.254 e. The number of halogens is 1. The minimum Gasteiger partial charge on any atom is -0.272 e. The summed E-state index contributed by atoms with van der Waals surface area (Å²) in [5.41, 5.74) is 0.725. The third-order valence-corrected chi connectivity index (χ3v) is 4.45. The Hall–Kier alpha value is -1.93. The summed E-state index contributed by atoms with van der Waals surface area (Å²) in [4.78, 5) is 18.8. The number of amidine groups is 1. The molecule has 0 saturated carbocycles. The number of nitrogens with zero attached hydrogens (tertiary/aromatic N) is 6. The molecule has 0 spiro atoms. The van der Waals surface area contributed by atoms with Crippen LogP contribution in [0.2, 0.25) is 5.02 Å². The normalized spacial score (nSPS) is 17.4. The van der Waals surface area contributed by atoms with Gasteiger partial charge in [-0.05, 0) is 41.6 Å². The highest BCUT2D eigenvalue weighted by atomic mass is 35.5. The summed E-state index contributed by atoms with van der Waals surface area (Å²) in [6.07, 6.45) is 1.41. The van der Waals surface area contributed by atoms with E-state index >= 15 is 0 Å². The summed E-state index contributed by atoms with van der Waals surface area (Å²) in [6, 6.07) is 7.28. The Morgan fingerprint density at radius 1 is 1.45 bits per heavy atom. The summed E-state index contributed by atoms with van der Waals surface area (Å²) in [7, 11) is 0. The van der Waals surface area contributed by atoms with E-state index in [-0.39, 0.29) is 18.5 Å². The maximum absolute atomic E-state index is 12.7. The number of hydrogen-bond acceptors (Lipinski definition) is 6. The van der Waals surface area contributed by atoms with Crippen LogP contribution in [-0.4, -0.2) is 43.1 Å². The average molecular weight is 337 g/mol. The van der Waals surface area contributed by atoms with Gasteiger partial charge in [0.15, 0.2) is 5.17 Å². The van der Waals surface area contributed by atoms with Crippen molar-refractivity contribution in [1.82, 2.24) is 20.2 Å². The molecule has 0 saturated heterocycles. The largest absolute Gasteiger partial charge is 0.272 e. The fourth-order valence-electron chi connectivity index (χ4n) is 1.99. The summed E-state index contributed by atoms with van der Waals surface area (Å²) in [5.74, 6) is 0.701. The monoisotopic (exact) mass is 336 g/mol. The molecule has 1 aromatic heterocycles. The van der Waals surface area contributed by atoms with E-state index in [2.05, 4.69) is 20.5 Å². The molecule has 1 amide bonds. The minimum atomic E-state index is -0.157. The predicted molar refractivity (Wildman–Crippen MR) is 86.1 cm³/mol. The standard InChI is InChI=1S/C13H13ClN6OS/c1-9-7-22-13(16-9)20(11-4-2-10(14)3-5-11)12(21)6-19-8-15-17-18-19/h2-5,8-9H,6-7H2,1H3/t9-/m0/s1. The van der Waals surface area contributed by atoms with Crippen LogP contribution in [0.4, 0.5) is 5.69 Å². The second-order valence-electron chi connectivity index (χ2n) is 4.78. The molecule has 3 rings (SSSR count). The van der Waals surface area contributed by atoms with Crippen LogP contribution >= 0.6 is 23.4 Å². The summed E-state index contributed by atoms with van der Waals surface area (Å²) >= 11 is 7.48. The molecule has 0 radical (unpaired) electrons. The van der Waals surface area contributed by atoms with Gasteiger partial charge in [0, 0.05) is 10.8 Å². The fourth-order valence-corrected chi connectivity index (χ4v) is 3.18.